The highest BCUT2D eigenvalue weighted by Gasteiger charge is 2.16. The first kappa shape index (κ1) is 20.0. The highest BCUT2D eigenvalue weighted by Crippen LogP contribution is 2.32. The van der Waals surface area contributed by atoms with E-state index in [4.69, 9.17) is 23.2 Å². The predicted molar refractivity (Wildman–Crippen MR) is 106 cm³/mol. The number of hydrogen-bond donors (Lipinski definition) is 2. The van der Waals surface area contributed by atoms with Crippen LogP contribution in [0.2, 0.25) is 10.2 Å². The maximum Gasteiger partial charge on any atom is 0.152 e. The molecule has 0 saturated carbocycles. The first-order chi connectivity index (χ1) is 13.0. The topological polar surface area (TPSA) is 58.0 Å². The van der Waals surface area contributed by atoms with E-state index < -0.39 is 6.23 Å². The number of nitrogens with one attached hydrogen (secondary N) is 1. The predicted octanol–water partition coefficient (Wildman–Crippen LogP) is 4.90. The summed E-state index contributed by atoms with van der Waals surface area (Å²) in [4.78, 5) is 0.899. The van der Waals surface area contributed by atoms with Crippen molar-refractivity contribution < 1.29 is 9.50 Å². The molecule has 0 bridgehead atoms. The molecule has 0 aliphatic rings. The number of halogens is 3. The second kappa shape index (κ2) is 9.48. The van der Waals surface area contributed by atoms with Crippen molar-refractivity contribution in [2.45, 2.75) is 22.6 Å². The zero-order valence-electron chi connectivity index (χ0n) is 14.1. The summed E-state index contributed by atoms with van der Waals surface area (Å²) < 4.78 is 13.7. The number of aliphatic hydroxyl groups is 1. The summed E-state index contributed by atoms with van der Waals surface area (Å²) >= 11 is 13.2. The molecule has 2 N–H and O–H groups in total. The van der Waals surface area contributed by atoms with Crippen LogP contribution in [0.3, 0.4) is 0 Å². The Labute approximate surface area is 170 Å². The van der Waals surface area contributed by atoms with Crippen LogP contribution in [0.4, 0.5) is 4.39 Å². The molecular formula is C19H16Cl2FN3OS. The molecule has 0 aliphatic carbocycles. The lowest BCUT2D eigenvalue weighted by molar-refractivity contribution is 0.136. The van der Waals surface area contributed by atoms with E-state index in [9.17, 15) is 9.50 Å². The molecule has 0 spiro atoms. The zero-order valence-corrected chi connectivity index (χ0v) is 16.4. The van der Waals surface area contributed by atoms with Gasteiger partial charge in [-0.15, -0.1) is 10.2 Å². The fourth-order valence-electron chi connectivity index (χ4n) is 2.41. The third-order valence-electron chi connectivity index (χ3n) is 3.77. The van der Waals surface area contributed by atoms with Crippen molar-refractivity contribution in [2.24, 2.45) is 0 Å². The van der Waals surface area contributed by atoms with Crippen LogP contribution in [0.25, 0.3) is 0 Å². The number of aliphatic hydroxyl groups excluding tert-OH is 1. The van der Waals surface area contributed by atoms with Crippen molar-refractivity contribution in [1.82, 2.24) is 15.5 Å². The molecule has 0 fully saturated rings. The quantitative estimate of drug-likeness (QED) is 0.529. The minimum atomic E-state index is -1.01. The molecule has 3 aromatic rings. The van der Waals surface area contributed by atoms with Crippen LogP contribution in [0.5, 0.6) is 0 Å². The lowest BCUT2D eigenvalue weighted by atomic mass is 10.1. The normalized spacial score (nSPS) is 12.1. The molecule has 0 aliphatic heterocycles. The van der Waals surface area contributed by atoms with E-state index in [-0.39, 0.29) is 11.0 Å². The SMILES string of the molecule is OC(NCCc1ccccc1F)c1cc(Cl)nnc1Sc1ccc(Cl)cc1. The molecule has 1 atom stereocenters. The molecule has 1 aromatic heterocycles. The van der Waals surface area contributed by atoms with Gasteiger partial charge >= 0.3 is 0 Å². The summed E-state index contributed by atoms with van der Waals surface area (Å²) in [5, 5.41) is 22.8. The highest BCUT2D eigenvalue weighted by molar-refractivity contribution is 7.99. The summed E-state index contributed by atoms with van der Waals surface area (Å²) in [6.07, 6.45) is -0.574. The van der Waals surface area contributed by atoms with Crippen molar-refractivity contribution in [3.05, 3.63) is 81.7 Å². The van der Waals surface area contributed by atoms with Crippen molar-refractivity contribution in [1.29, 1.82) is 0 Å². The zero-order chi connectivity index (χ0) is 19.2. The van der Waals surface area contributed by atoms with Crippen molar-refractivity contribution in [3.63, 3.8) is 0 Å². The van der Waals surface area contributed by atoms with Crippen LogP contribution in [-0.2, 0) is 6.42 Å². The number of nitrogens with zero attached hydrogens (tertiary/aromatic N) is 2. The molecule has 0 radical (unpaired) electrons. The van der Waals surface area contributed by atoms with Gasteiger partial charge in [0.1, 0.15) is 17.1 Å². The van der Waals surface area contributed by atoms with Crippen LogP contribution < -0.4 is 5.32 Å². The second-order valence-electron chi connectivity index (χ2n) is 5.68. The van der Waals surface area contributed by atoms with Crippen LogP contribution in [0.15, 0.2) is 64.5 Å². The van der Waals surface area contributed by atoms with Crippen LogP contribution in [0, 0.1) is 5.82 Å². The van der Waals surface area contributed by atoms with Gasteiger partial charge in [-0.05, 0) is 48.4 Å². The molecule has 0 saturated heterocycles. The van der Waals surface area contributed by atoms with Gasteiger partial charge in [-0.25, -0.2) is 4.39 Å². The second-order valence-corrected chi connectivity index (χ2v) is 7.57. The van der Waals surface area contributed by atoms with Crippen LogP contribution in [-0.4, -0.2) is 21.8 Å². The summed E-state index contributed by atoms with van der Waals surface area (Å²) in [5.74, 6) is -0.263. The van der Waals surface area contributed by atoms with Gasteiger partial charge in [0.05, 0.1) is 0 Å². The Morgan fingerprint density at radius 3 is 2.56 bits per heavy atom. The van der Waals surface area contributed by atoms with Crippen LogP contribution >= 0.6 is 35.0 Å². The summed E-state index contributed by atoms with van der Waals surface area (Å²) in [6.45, 7) is 0.382. The highest BCUT2D eigenvalue weighted by atomic mass is 35.5. The lowest BCUT2D eigenvalue weighted by Gasteiger charge is -2.16. The average molecular weight is 424 g/mol. The lowest BCUT2D eigenvalue weighted by Crippen LogP contribution is -2.24. The Morgan fingerprint density at radius 1 is 1.07 bits per heavy atom. The fraction of sp³-hybridized carbons (Fsp3) is 0.158. The maximum atomic E-state index is 13.7. The first-order valence-corrected chi connectivity index (χ1v) is 9.71. The van der Waals surface area contributed by atoms with E-state index >= 15 is 0 Å². The summed E-state index contributed by atoms with van der Waals surface area (Å²) in [7, 11) is 0. The standard InChI is InChI=1S/C19H16Cl2FN3OS/c20-13-5-7-14(8-6-13)27-19-15(11-17(21)24-25-19)18(26)23-10-9-12-3-1-2-4-16(12)22/h1-8,11,18,23,26H,9-10H2. The van der Waals surface area contributed by atoms with Crippen molar-refractivity contribution in [2.75, 3.05) is 6.54 Å². The monoisotopic (exact) mass is 423 g/mol. The molecule has 0 amide bonds. The third-order valence-corrected chi connectivity index (χ3v) is 5.23. The van der Waals surface area contributed by atoms with Gasteiger partial charge in [0.25, 0.3) is 0 Å². The number of hydrogen-bond acceptors (Lipinski definition) is 5. The smallest absolute Gasteiger partial charge is 0.152 e. The third kappa shape index (κ3) is 5.64. The first-order valence-electron chi connectivity index (χ1n) is 8.14. The van der Waals surface area contributed by atoms with E-state index in [0.29, 0.717) is 34.1 Å². The van der Waals surface area contributed by atoms with Crippen molar-refractivity contribution >= 4 is 35.0 Å². The average Bonchev–Trinajstić information content (AvgIpc) is 2.66. The van der Waals surface area contributed by atoms with E-state index in [2.05, 4.69) is 15.5 Å². The Kier molecular flexibility index (Phi) is 7.04. The Bertz CT molecular complexity index is 912. The van der Waals surface area contributed by atoms with Gasteiger partial charge in [0.15, 0.2) is 5.15 Å². The number of benzene rings is 2. The van der Waals surface area contributed by atoms with Gasteiger partial charge < -0.3 is 5.11 Å². The molecule has 1 unspecified atom stereocenters. The number of rotatable bonds is 7. The van der Waals surface area contributed by atoms with Crippen molar-refractivity contribution in [3.8, 4) is 0 Å². The van der Waals surface area contributed by atoms with Gasteiger partial charge in [-0.2, -0.15) is 0 Å². The number of aromatic nitrogens is 2. The Hall–Kier alpha value is -1.70. The molecule has 27 heavy (non-hydrogen) atoms. The minimum absolute atomic E-state index is 0.181. The van der Waals surface area contributed by atoms with E-state index in [1.807, 2.05) is 12.1 Å². The van der Waals surface area contributed by atoms with E-state index in [0.717, 1.165) is 4.90 Å². The Balaban J connectivity index is 1.69. The van der Waals surface area contributed by atoms with E-state index in [1.165, 1.54) is 17.8 Å². The Morgan fingerprint density at radius 2 is 1.81 bits per heavy atom. The van der Waals surface area contributed by atoms with Gasteiger partial charge in [0.2, 0.25) is 0 Å². The van der Waals surface area contributed by atoms with Gasteiger partial charge in [-0.1, -0.05) is 53.2 Å². The molecule has 4 nitrogen and oxygen atoms in total. The molecule has 140 valence electrons. The van der Waals surface area contributed by atoms with Gasteiger partial charge in [-0.3, -0.25) is 5.32 Å². The minimum Gasteiger partial charge on any atom is -0.374 e. The van der Waals surface area contributed by atoms with E-state index in [1.54, 1.807) is 36.4 Å². The van der Waals surface area contributed by atoms with Gasteiger partial charge in [0, 0.05) is 22.0 Å². The maximum absolute atomic E-state index is 13.7. The largest absolute Gasteiger partial charge is 0.374 e. The molecule has 3 rings (SSSR count). The summed E-state index contributed by atoms with van der Waals surface area (Å²) in [5.41, 5.74) is 1.09. The fourth-order valence-corrected chi connectivity index (χ4v) is 3.56. The molecule has 1 heterocycles. The molecular weight excluding hydrogens is 408 g/mol. The molecule has 8 heteroatoms. The summed E-state index contributed by atoms with van der Waals surface area (Å²) in [6, 6.07) is 15.4. The van der Waals surface area contributed by atoms with Crippen LogP contribution in [0.1, 0.15) is 17.4 Å². The molecule has 2 aromatic carbocycles.